The van der Waals surface area contributed by atoms with Gasteiger partial charge < -0.3 is 21.8 Å². The van der Waals surface area contributed by atoms with Crippen LogP contribution in [0.25, 0.3) is 10.9 Å². The maximum absolute atomic E-state index is 8.24. The molecule has 1 aromatic carbocycles. The second-order valence-corrected chi connectivity index (χ2v) is 2.95. The Balaban J connectivity index is -0.000000219. The van der Waals surface area contributed by atoms with Crippen molar-refractivity contribution in [1.82, 2.24) is 4.98 Å². The molecule has 2 N–H and O–H groups in total. The summed E-state index contributed by atoms with van der Waals surface area (Å²) in [5.41, 5.74) is 1.15. The Morgan fingerprint density at radius 1 is 1.44 bits per heavy atom. The normalized spacial score (nSPS) is 7.44. The number of halogens is 1. The molecule has 0 aliphatic rings. The molecule has 1 radical (unpaired) electrons. The number of hydrogen-bond acceptors (Lipinski definition) is 1. The van der Waals surface area contributed by atoms with Gasteiger partial charge in [0.05, 0.1) is 0 Å². The first kappa shape index (κ1) is 22.2. The fourth-order valence-electron chi connectivity index (χ4n) is 0.928. The SMILES string of the molecule is Cl.O=[C-]O.[CH2-]CCC.[Ni+3].[c-]1cc2ccccc2[nH]1. The van der Waals surface area contributed by atoms with Crippen molar-refractivity contribution in [3.63, 3.8) is 0 Å². The molecule has 0 unspecified atom stereocenters. The Hall–Kier alpha value is -0.986. The number of aliphatic hydroxyl groups excluding tert-OH is 1. The van der Waals surface area contributed by atoms with Crippen LogP contribution in [0.1, 0.15) is 19.8 Å². The van der Waals surface area contributed by atoms with Crippen molar-refractivity contribution in [3.05, 3.63) is 43.5 Å². The zero-order chi connectivity index (χ0) is 12.2. The van der Waals surface area contributed by atoms with Gasteiger partial charge in [-0.1, -0.05) is 31.9 Å². The van der Waals surface area contributed by atoms with E-state index in [0.717, 1.165) is 11.9 Å². The first-order valence-corrected chi connectivity index (χ1v) is 5.04. The average Bonchev–Trinajstić information content (AvgIpc) is 2.78. The van der Waals surface area contributed by atoms with Crippen molar-refractivity contribution in [3.8, 4) is 0 Å². The van der Waals surface area contributed by atoms with Crippen LogP contribution in [-0.4, -0.2) is 16.6 Å². The third-order valence-electron chi connectivity index (χ3n) is 1.75. The summed E-state index contributed by atoms with van der Waals surface area (Å²) in [5, 5.41) is 7.98. The van der Waals surface area contributed by atoms with Gasteiger partial charge in [-0.05, 0) is 0 Å². The Kier molecular flexibility index (Phi) is 19.8. The van der Waals surface area contributed by atoms with E-state index in [-0.39, 0.29) is 28.9 Å². The molecule has 0 aliphatic carbocycles. The second-order valence-electron chi connectivity index (χ2n) is 2.95. The molecule has 1 aromatic heterocycles. The van der Waals surface area contributed by atoms with E-state index in [1.54, 1.807) is 0 Å². The molecule has 5 heteroatoms. The number of H-pyrrole nitrogens is 1. The smallest absolute Gasteiger partial charge is 0.665 e. The van der Waals surface area contributed by atoms with Crippen LogP contribution in [0.4, 0.5) is 0 Å². The molecule has 0 saturated carbocycles. The maximum Gasteiger partial charge on any atom is 3.00 e. The molecule has 0 atom stereocenters. The molecule has 3 nitrogen and oxygen atoms in total. The van der Waals surface area contributed by atoms with Crippen LogP contribution < -0.4 is 0 Å². The molecule has 2 rings (SSSR count). The van der Waals surface area contributed by atoms with Gasteiger partial charge >= 0.3 is 16.5 Å². The van der Waals surface area contributed by atoms with Crippen molar-refractivity contribution < 1.29 is 26.4 Å². The molecule has 0 bridgehead atoms. The monoisotopic (exact) mass is 312 g/mol. The summed E-state index contributed by atoms with van der Waals surface area (Å²) < 4.78 is 0. The van der Waals surface area contributed by atoms with Gasteiger partial charge in [0, 0.05) is 0 Å². The number of aromatic amines is 1. The molecule has 18 heavy (non-hydrogen) atoms. The Labute approximate surface area is 124 Å². The van der Waals surface area contributed by atoms with Crippen molar-refractivity contribution >= 4 is 29.8 Å². The Morgan fingerprint density at radius 3 is 2.39 bits per heavy atom. The average molecular weight is 313 g/mol. The number of para-hydroxylation sites is 1. The van der Waals surface area contributed by atoms with E-state index in [2.05, 4.69) is 31.1 Å². The number of rotatable bonds is 1. The largest absolute Gasteiger partial charge is 3.00 e. The van der Waals surface area contributed by atoms with Gasteiger partial charge in [-0.25, -0.2) is 0 Å². The topological polar surface area (TPSA) is 53.1 Å². The standard InChI is InChI=1S/C8H6N.C4H9.CHO2.ClH.Ni/c1-2-4-8-7(3-1)5-6-9-8;1-3-4-2;2-1-3;;/h1-5,9H;1,3-4H2,2H3;(H,2,3);1H;/q3*-1;;+3. The van der Waals surface area contributed by atoms with Gasteiger partial charge in [0.1, 0.15) is 0 Å². The number of benzene rings is 1. The summed E-state index contributed by atoms with van der Waals surface area (Å²) >= 11 is 0. The van der Waals surface area contributed by atoms with Crippen molar-refractivity contribution in [2.75, 3.05) is 0 Å². The van der Waals surface area contributed by atoms with Crippen LogP contribution in [0.2, 0.25) is 0 Å². The van der Waals surface area contributed by atoms with Crippen molar-refractivity contribution in [2.45, 2.75) is 19.8 Å². The maximum atomic E-state index is 8.24. The number of fused-ring (bicyclic) bond motifs is 1. The molecular formula is C13H17ClNNiO2. The summed E-state index contributed by atoms with van der Waals surface area (Å²) in [6.45, 7) is 6.22. The van der Waals surface area contributed by atoms with Crippen molar-refractivity contribution in [1.29, 1.82) is 0 Å². The molecule has 0 saturated heterocycles. The number of aromatic nitrogens is 1. The molecule has 0 spiro atoms. The minimum Gasteiger partial charge on any atom is -0.665 e. The molecule has 2 aromatic rings. The van der Waals surface area contributed by atoms with Gasteiger partial charge in [-0.2, -0.15) is 17.9 Å². The molecule has 103 valence electrons. The quantitative estimate of drug-likeness (QED) is 0.624. The number of hydrogen-bond donors (Lipinski definition) is 2. The minimum absolute atomic E-state index is 0. The van der Waals surface area contributed by atoms with Gasteiger partial charge in [-0.3, -0.25) is 0 Å². The molecule has 0 amide bonds. The van der Waals surface area contributed by atoms with Crippen LogP contribution >= 0.6 is 12.4 Å². The van der Waals surface area contributed by atoms with E-state index in [1.165, 1.54) is 11.8 Å². The van der Waals surface area contributed by atoms with E-state index in [1.807, 2.05) is 24.3 Å². The van der Waals surface area contributed by atoms with E-state index in [0.29, 0.717) is 6.47 Å². The summed E-state index contributed by atoms with van der Waals surface area (Å²) in [6.07, 6.45) is 5.19. The fourth-order valence-corrected chi connectivity index (χ4v) is 0.928. The van der Waals surface area contributed by atoms with Crippen LogP contribution in [0, 0.1) is 13.1 Å². The summed E-state index contributed by atoms with van der Waals surface area (Å²) in [7, 11) is 0. The third-order valence-corrected chi connectivity index (χ3v) is 1.75. The Morgan fingerprint density at radius 2 is 1.94 bits per heavy atom. The predicted molar refractivity (Wildman–Crippen MR) is 73.0 cm³/mol. The van der Waals surface area contributed by atoms with E-state index >= 15 is 0 Å². The summed E-state index contributed by atoms with van der Waals surface area (Å²) in [4.78, 5) is 11.2. The molecule has 0 aliphatic heterocycles. The third kappa shape index (κ3) is 10.2. The minimum atomic E-state index is 0. The summed E-state index contributed by atoms with van der Waals surface area (Å²) in [6, 6.07) is 10.1. The van der Waals surface area contributed by atoms with Crippen LogP contribution in [0.15, 0.2) is 30.3 Å². The summed E-state index contributed by atoms with van der Waals surface area (Å²) in [5.74, 6) is 0. The van der Waals surface area contributed by atoms with Crippen molar-refractivity contribution in [2.24, 2.45) is 0 Å². The van der Waals surface area contributed by atoms with Gasteiger partial charge in [-0.15, -0.1) is 36.3 Å². The first-order chi connectivity index (χ1) is 7.79. The predicted octanol–water partition coefficient (Wildman–Crippen LogP) is 3.62. The first-order valence-electron chi connectivity index (χ1n) is 5.04. The van der Waals surface area contributed by atoms with Crippen LogP contribution in [0.3, 0.4) is 0 Å². The van der Waals surface area contributed by atoms with Gasteiger partial charge in [0.15, 0.2) is 0 Å². The number of unbranched alkanes of at least 4 members (excludes halogenated alkanes) is 1. The van der Waals surface area contributed by atoms with Crippen LogP contribution in [0.5, 0.6) is 0 Å². The van der Waals surface area contributed by atoms with Gasteiger partial charge in [0.25, 0.3) is 0 Å². The van der Waals surface area contributed by atoms with E-state index in [9.17, 15) is 0 Å². The molecule has 0 fully saturated rings. The second kappa shape index (κ2) is 16.0. The van der Waals surface area contributed by atoms with E-state index < -0.39 is 0 Å². The Bertz CT molecular complexity index is 361. The number of nitrogens with one attached hydrogen (secondary N) is 1. The van der Waals surface area contributed by atoms with Crippen LogP contribution in [-0.2, 0) is 21.3 Å². The zero-order valence-corrected chi connectivity index (χ0v) is 11.9. The molecular weight excluding hydrogens is 296 g/mol. The van der Waals surface area contributed by atoms with E-state index in [4.69, 9.17) is 9.90 Å². The van der Waals surface area contributed by atoms with Gasteiger partial charge in [0.2, 0.25) is 0 Å². The zero-order valence-electron chi connectivity index (χ0n) is 10.1. The fraction of sp³-hybridized carbons (Fsp3) is 0.231. The molecule has 1 heterocycles.